The molecule has 14 heavy (non-hydrogen) atoms. The normalized spacial score (nSPS) is 10.4. The van der Waals surface area contributed by atoms with Crippen molar-refractivity contribution in [3.05, 3.63) is 22.3 Å². The molecule has 2 rings (SSSR count). The molecule has 74 valence electrons. The molecule has 2 aromatic rings. The Morgan fingerprint density at radius 1 is 1.64 bits per heavy atom. The molecule has 0 aliphatic heterocycles. The molecule has 0 radical (unpaired) electrons. The number of thiazole rings is 1. The molecule has 0 aliphatic carbocycles. The van der Waals surface area contributed by atoms with Crippen molar-refractivity contribution in [3.63, 3.8) is 0 Å². The minimum absolute atomic E-state index is 0.554. The van der Waals surface area contributed by atoms with Crippen LogP contribution in [0.25, 0.3) is 0 Å². The molecule has 4 N–H and O–H groups in total. The van der Waals surface area contributed by atoms with Crippen molar-refractivity contribution < 1.29 is 0 Å². The molecule has 2 aromatic heterocycles. The quantitative estimate of drug-likeness (QED) is 0.713. The molecule has 0 amide bonds. The molecule has 0 saturated heterocycles. The fourth-order valence-electron chi connectivity index (χ4n) is 1.09. The third kappa shape index (κ3) is 1.85. The van der Waals surface area contributed by atoms with Crippen LogP contribution in [0.15, 0.2) is 11.6 Å². The van der Waals surface area contributed by atoms with Gasteiger partial charge in [-0.1, -0.05) is 0 Å². The van der Waals surface area contributed by atoms with E-state index in [0.717, 1.165) is 16.4 Å². The topological polar surface area (TPSA) is 79.6 Å². The summed E-state index contributed by atoms with van der Waals surface area (Å²) in [6.07, 6.45) is 1.66. The molecule has 0 fully saturated rings. The van der Waals surface area contributed by atoms with Gasteiger partial charge in [0.15, 0.2) is 0 Å². The minimum atomic E-state index is 0.554. The average molecular weight is 209 g/mol. The second kappa shape index (κ2) is 3.67. The molecule has 0 saturated carbocycles. The Morgan fingerprint density at radius 2 is 2.50 bits per heavy atom. The summed E-state index contributed by atoms with van der Waals surface area (Å²) in [6, 6.07) is 0. The Hall–Kier alpha value is -1.56. The number of aryl methyl sites for hydroxylation is 1. The van der Waals surface area contributed by atoms with Crippen LogP contribution in [-0.4, -0.2) is 15.2 Å². The highest BCUT2D eigenvalue weighted by molar-refractivity contribution is 7.09. The van der Waals surface area contributed by atoms with Crippen LogP contribution in [0.5, 0.6) is 0 Å². The van der Waals surface area contributed by atoms with E-state index >= 15 is 0 Å². The number of rotatable bonds is 3. The summed E-state index contributed by atoms with van der Waals surface area (Å²) in [5.74, 6) is 0.554. The van der Waals surface area contributed by atoms with E-state index in [1.54, 1.807) is 17.5 Å². The van der Waals surface area contributed by atoms with Gasteiger partial charge in [0.2, 0.25) is 0 Å². The fraction of sp³-hybridized carbons (Fsp3) is 0.250. The summed E-state index contributed by atoms with van der Waals surface area (Å²) in [5, 5.41) is 12.7. The Kier molecular flexibility index (Phi) is 2.36. The van der Waals surface area contributed by atoms with Gasteiger partial charge in [0.05, 0.1) is 18.4 Å². The second-order valence-corrected chi connectivity index (χ2v) is 3.88. The first kappa shape index (κ1) is 9.01. The van der Waals surface area contributed by atoms with Crippen molar-refractivity contribution in [1.29, 1.82) is 0 Å². The van der Waals surface area contributed by atoms with E-state index < -0.39 is 0 Å². The fourth-order valence-corrected chi connectivity index (χ4v) is 1.80. The summed E-state index contributed by atoms with van der Waals surface area (Å²) in [7, 11) is 0. The van der Waals surface area contributed by atoms with Gasteiger partial charge in [0, 0.05) is 11.1 Å². The first-order valence-corrected chi connectivity index (χ1v) is 5.07. The second-order valence-electron chi connectivity index (χ2n) is 2.93. The molecule has 0 spiro atoms. The number of nitrogens with zero attached hydrogens (tertiary/aromatic N) is 2. The monoisotopic (exact) mass is 209 g/mol. The highest BCUT2D eigenvalue weighted by Crippen LogP contribution is 2.15. The summed E-state index contributed by atoms with van der Waals surface area (Å²) in [4.78, 5) is 4.32. The zero-order valence-electron chi connectivity index (χ0n) is 7.74. The van der Waals surface area contributed by atoms with E-state index in [2.05, 4.69) is 20.5 Å². The highest BCUT2D eigenvalue weighted by atomic mass is 32.1. The van der Waals surface area contributed by atoms with Crippen molar-refractivity contribution in [2.75, 3.05) is 11.1 Å². The van der Waals surface area contributed by atoms with Gasteiger partial charge in [0.1, 0.15) is 10.8 Å². The molecular weight excluding hydrogens is 198 g/mol. The molecule has 6 heteroatoms. The van der Waals surface area contributed by atoms with Crippen molar-refractivity contribution in [3.8, 4) is 0 Å². The highest BCUT2D eigenvalue weighted by Gasteiger charge is 2.02. The Labute approximate surface area is 85.4 Å². The number of aromatic amines is 1. The van der Waals surface area contributed by atoms with E-state index in [1.807, 2.05) is 12.3 Å². The van der Waals surface area contributed by atoms with Gasteiger partial charge in [-0.25, -0.2) is 4.98 Å². The maximum atomic E-state index is 5.61. The average Bonchev–Trinajstić information content (AvgIpc) is 2.72. The summed E-state index contributed by atoms with van der Waals surface area (Å²) < 4.78 is 0. The van der Waals surface area contributed by atoms with Gasteiger partial charge >= 0.3 is 0 Å². The zero-order chi connectivity index (χ0) is 9.97. The van der Waals surface area contributed by atoms with Crippen LogP contribution in [0.4, 0.5) is 11.5 Å². The third-order valence-corrected chi connectivity index (χ3v) is 2.73. The molecule has 0 aromatic carbocycles. The third-order valence-electron chi connectivity index (χ3n) is 1.77. The van der Waals surface area contributed by atoms with Crippen molar-refractivity contribution >= 4 is 22.8 Å². The number of nitrogens with one attached hydrogen (secondary N) is 2. The van der Waals surface area contributed by atoms with Gasteiger partial charge in [-0.2, -0.15) is 5.10 Å². The maximum absolute atomic E-state index is 5.61. The van der Waals surface area contributed by atoms with Gasteiger partial charge in [-0.15, -0.1) is 11.3 Å². The molecule has 0 aliphatic rings. The summed E-state index contributed by atoms with van der Waals surface area (Å²) >= 11 is 1.63. The van der Waals surface area contributed by atoms with Crippen LogP contribution in [0.1, 0.15) is 10.7 Å². The Balaban J connectivity index is 1.98. The number of anilines is 2. The van der Waals surface area contributed by atoms with Gasteiger partial charge in [0.25, 0.3) is 0 Å². The van der Waals surface area contributed by atoms with Crippen molar-refractivity contribution in [2.24, 2.45) is 0 Å². The first-order valence-electron chi connectivity index (χ1n) is 4.19. The Morgan fingerprint density at radius 3 is 3.07 bits per heavy atom. The molecule has 5 nitrogen and oxygen atoms in total. The lowest BCUT2D eigenvalue weighted by Crippen LogP contribution is -2.00. The zero-order valence-corrected chi connectivity index (χ0v) is 8.56. The lowest BCUT2D eigenvalue weighted by molar-refractivity contribution is 1.08. The lowest BCUT2D eigenvalue weighted by atomic mass is 10.5. The van der Waals surface area contributed by atoms with E-state index in [-0.39, 0.29) is 0 Å². The largest absolute Gasteiger partial charge is 0.382 e. The van der Waals surface area contributed by atoms with Gasteiger partial charge < -0.3 is 11.1 Å². The SMILES string of the molecule is Cc1csc(CNc2cn[nH]c2N)n1. The van der Waals surface area contributed by atoms with Crippen molar-refractivity contribution in [2.45, 2.75) is 13.5 Å². The molecular formula is C8H11N5S. The van der Waals surface area contributed by atoms with E-state index in [9.17, 15) is 0 Å². The molecule has 0 bridgehead atoms. The predicted octanol–water partition coefficient (Wildman–Crippen LogP) is 1.37. The molecule has 0 unspecified atom stereocenters. The predicted molar refractivity (Wildman–Crippen MR) is 57.2 cm³/mol. The number of nitrogens with two attached hydrogens (primary N) is 1. The van der Waals surface area contributed by atoms with Gasteiger partial charge in [-0.05, 0) is 6.92 Å². The van der Waals surface area contributed by atoms with E-state index in [1.165, 1.54) is 0 Å². The van der Waals surface area contributed by atoms with Crippen LogP contribution in [-0.2, 0) is 6.54 Å². The number of H-pyrrole nitrogens is 1. The lowest BCUT2D eigenvalue weighted by Gasteiger charge is -2.00. The van der Waals surface area contributed by atoms with Crippen LogP contribution in [0, 0.1) is 6.92 Å². The van der Waals surface area contributed by atoms with Crippen LogP contribution in [0.3, 0.4) is 0 Å². The van der Waals surface area contributed by atoms with Crippen LogP contribution < -0.4 is 11.1 Å². The van der Waals surface area contributed by atoms with Crippen molar-refractivity contribution in [1.82, 2.24) is 15.2 Å². The van der Waals surface area contributed by atoms with E-state index in [0.29, 0.717) is 12.4 Å². The smallest absolute Gasteiger partial charge is 0.142 e. The summed E-state index contributed by atoms with van der Waals surface area (Å²) in [6.45, 7) is 2.66. The van der Waals surface area contributed by atoms with Crippen LogP contribution in [0.2, 0.25) is 0 Å². The number of aromatic nitrogens is 3. The first-order chi connectivity index (χ1) is 6.75. The minimum Gasteiger partial charge on any atom is -0.382 e. The molecule has 0 atom stereocenters. The summed E-state index contributed by atoms with van der Waals surface area (Å²) in [5.41, 5.74) is 7.48. The van der Waals surface area contributed by atoms with Crippen LogP contribution >= 0.6 is 11.3 Å². The van der Waals surface area contributed by atoms with E-state index in [4.69, 9.17) is 5.73 Å². The van der Waals surface area contributed by atoms with Gasteiger partial charge in [-0.3, -0.25) is 5.10 Å². The Bertz CT molecular complexity index is 419. The number of hydrogen-bond acceptors (Lipinski definition) is 5. The number of hydrogen-bond donors (Lipinski definition) is 3. The molecule has 2 heterocycles. The standard InChI is InChI=1S/C8H11N5S/c1-5-4-14-7(12-5)3-10-6-2-11-13-8(6)9/h2,4,10H,3H2,1H3,(H3,9,11,13). The maximum Gasteiger partial charge on any atom is 0.142 e. The number of nitrogen functional groups attached to an aromatic ring is 1.